The van der Waals surface area contributed by atoms with Crippen molar-refractivity contribution in [3.05, 3.63) is 116 Å². The monoisotopic (exact) mass is 784 g/mol. The minimum Gasteiger partial charge on any atom is -0.479 e. The van der Waals surface area contributed by atoms with Crippen molar-refractivity contribution in [2.75, 3.05) is 20.3 Å². The first-order valence-corrected chi connectivity index (χ1v) is 16.6. The van der Waals surface area contributed by atoms with E-state index in [1.165, 1.54) is 24.4 Å². The number of rotatable bonds is 13. The predicted octanol–water partition coefficient (Wildman–Crippen LogP) is 9.28. The smallest absolute Gasteiger partial charge is 0.347 e. The van der Waals surface area contributed by atoms with Gasteiger partial charge in [-0.25, -0.2) is 19.6 Å². The molecular weight excluding hydrogens is 755 g/mol. The molecule has 0 aliphatic carbocycles. The number of carbonyl (C=O) groups is 2. The first-order chi connectivity index (χ1) is 25.3. The van der Waals surface area contributed by atoms with E-state index >= 15 is 0 Å². The largest absolute Gasteiger partial charge is 0.479 e. The topological polar surface area (TPSA) is 171 Å². The third-order valence-electron chi connectivity index (χ3n) is 6.53. The average Bonchev–Trinajstić information content (AvgIpc) is 3.13. The lowest BCUT2D eigenvalue weighted by atomic mass is 10.1. The second-order valence-corrected chi connectivity index (χ2v) is 12.1. The Hall–Kier alpha value is -5.70. The number of nitro benzene ring substituents is 1. The van der Waals surface area contributed by atoms with Crippen molar-refractivity contribution in [2.24, 2.45) is 5.16 Å². The molecule has 0 unspecified atom stereocenters. The molecule has 5 rings (SSSR count). The normalized spacial score (nSPS) is 10.9. The number of hydrogen-bond donors (Lipinski definition) is 0. The van der Waals surface area contributed by atoms with Crippen LogP contribution in [-0.2, 0) is 19.1 Å². The third-order valence-corrected chi connectivity index (χ3v) is 7.30. The van der Waals surface area contributed by atoms with Crippen LogP contribution >= 0.6 is 34.8 Å². The van der Waals surface area contributed by atoms with E-state index < -0.39 is 23.0 Å². The quantitative estimate of drug-likeness (QED) is 0.0365. The minimum atomic E-state index is -0.834. The Bertz CT molecular complexity index is 2110. The van der Waals surface area contributed by atoms with Crippen molar-refractivity contribution < 1.29 is 43.0 Å². The lowest BCUT2D eigenvalue weighted by Gasteiger charge is -2.14. The standard InChI is InChI=1S/C22H22ClN3O5.C14H9Cl2NO5/c1-14(2)26-29-11-10-28-22(27)15(3)30-17-5-7-18(8-6-17)31-21-13-24-20-12-16(23)4-9-19(20)25-21;1-21-14(18)10-7-9(3-4-12(10)17(19)20)22-13-5-2-8(15)6-11(13)16/h4-9,12-13,15H,10-11H2,1-3H3;2-7H,1H3/t15-;/m1./s1. The molecule has 14 nitrogen and oxygen atoms in total. The van der Waals surface area contributed by atoms with Crippen molar-refractivity contribution >= 4 is 69.2 Å². The zero-order chi connectivity index (χ0) is 38.5. The van der Waals surface area contributed by atoms with E-state index in [2.05, 4.69) is 19.9 Å². The molecule has 1 atom stereocenters. The van der Waals surface area contributed by atoms with Gasteiger partial charge >= 0.3 is 11.9 Å². The van der Waals surface area contributed by atoms with Gasteiger partial charge in [0.2, 0.25) is 5.88 Å². The zero-order valence-corrected chi connectivity index (χ0v) is 30.8. The van der Waals surface area contributed by atoms with Gasteiger partial charge in [-0.2, -0.15) is 0 Å². The van der Waals surface area contributed by atoms with Crippen LogP contribution in [0.4, 0.5) is 5.69 Å². The van der Waals surface area contributed by atoms with Crippen LogP contribution in [0.1, 0.15) is 31.1 Å². The number of nitro groups is 1. The molecule has 1 heterocycles. The number of aromatic nitrogens is 2. The first-order valence-electron chi connectivity index (χ1n) is 15.5. The van der Waals surface area contributed by atoms with Gasteiger partial charge in [0.1, 0.15) is 35.2 Å². The van der Waals surface area contributed by atoms with Crippen LogP contribution in [0.5, 0.6) is 28.9 Å². The number of nitrogens with zero attached hydrogens (tertiary/aromatic N) is 4. The Morgan fingerprint density at radius 3 is 2.21 bits per heavy atom. The van der Waals surface area contributed by atoms with Crippen molar-refractivity contribution in [1.82, 2.24) is 9.97 Å². The molecule has 5 aromatic rings. The highest BCUT2D eigenvalue weighted by atomic mass is 35.5. The van der Waals surface area contributed by atoms with Gasteiger partial charge in [0.05, 0.1) is 40.0 Å². The number of carbonyl (C=O) groups excluding carboxylic acids is 2. The van der Waals surface area contributed by atoms with Crippen LogP contribution in [0.3, 0.4) is 0 Å². The molecule has 0 amide bonds. The fourth-order valence-corrected chi connectivity index (χ4v) is 4.76. The highest BCUT2D eigenvalue weighted by Crippen LogP contribution is 2.34. The Morgan fingerprint density at radius 2 is 1.53 bits per heavy atom. The van der Waals surface area contributed by atoms with Gasteiger partial charge in [0.15, 0.2) is 12.7 Å². The van der Waals surface area contributed by atoms with Gasteiger partial charge in [-0.3, -0.25) is 10.1 Å². The molecule has 1 aromatic heterocycles. The molecule has 0 N–H and O–H groups in total. The Kier molecular flexibility index (Phi) is 14.5. The number of halogens is 3. The zero-order valence-electron chi connectivity index (χ0n) is 28.6. The van der Waals surface area contributed by atoms with Gasteiger partial charge in [0.25, 0.3) is 5.69 Å². The summed E-state index contributed by atoms with van der Waals surface area (Å²) in [5, 5.41) is 16.0. The molecule has 0 saturated heterocycles. The molecule has 0 radical (unpaired) electrons. The summed E-state index contributed by atoms with van der Waals surface area (Å²) in [4.78, 5) is 47.5. The Morgan fingerprint density at radius 1 is 0.849 bits per heavy atom. The van der Waals surface area contributed by atoms with Crippen molar-refractivity contribution in [2.45, 2.75) is 26.9 Å². The summed E-state index contributed by atoms with van der Waals surface area (Å²) in [5.41, 5.74) is 1.56. The highest BCUT2D eigenvalue weighted by Gasteiger charge is 2.22. The van der Waals surface area contributed by atoms with Crippen molar-refractivity contribution in [3.63, 3.8) is 0 Å². The highest BCUT2D eigenvalue weighted by molar-refractivity contribution is 6.35. The molecule has 0 spiro atoms. The molecular formula is C36H31Cl3N4O10. The molecule has 53 heavy (non-hydrogen) atoms. The average molecular weight is 786 g/mol. The number of hydrogen-bond acceptors (Lipinski definition) is 13. The second-order valence-electron chi connectivity index (χ2n) is 10.8. The number of benzene rings is 4. The fraction of sp³-hybridized carbons (Fsp3) is 0.194. The molecule has 0 saturated carbocycles. The van der Waals surface area contributed by atoms with Gasteiger partial charge < -0.3 is 28.5 Å². The van der Waals surface area contributed by atoms with Crippen LogP contribution in [0.15, 0.2) is 90.2 Å². The Labute approximate surface area is 318 Å². The maximum atomic E-state index is 12.0. The van der Waals surface area contributed by atoms with Gasteiger partial charge in [-0.05, 0) is 87.5 Å². The Balaban J connectivity index is 0.000000251. The molecule has 0 aliphatic heterocycles. The van der Waals surface area contributed by atoms with E-state index in [0.717, 1.165) is 18.9 Å². The van der Waals surface area contributed by atoms with E-state index in [1.54, 1.807) is 61.5 Å². The summed E-state index contributed by atoms with van der Waals surface area (Å²) < 4.78 is 26.5. The molecule has 0 fully saturated rings. The van der Waals surface area contributed by atoms with Crippen LogP contribution in [0, 0.1) is 10.1 Å². The number of ether oxygens (including phenoxy) is 5. The molecule has 276 valence electrons. The second kappa shape index (κ2) is 19.2. The summed E-state index contributed by atoms with van der Waals surface area (Å²) in [6, 6.07) is 20.4. The van der Waals surface area contributed by atoms with Crippen LogP contribution in [0.2, 0.25) is 15.1 Å². The number of fused-ring (bicyclic) bond motifs is 1. The summed E-state index contributed by atoms with van der Waals surface area (Å²) >= 11 is 17.7. The van der Waals surface area contributed by atoms with Gasteiger partial charge in [0, 0.05) is 22.2 Å². The van der Waals surface area contributed by atoms with E-state index in [4.69, 9.17) is 58.6 Å². The van der Waals surface area contributed by atoms with Crippen LogP contribution in [0.25, 0.3) is 11.0 Å². The van der Waals surface area contributed by atoms with Gasteiger partial charge in [-0.1, -0.05) is 40.0 Å². The van der Waals surface area contributed by atoms with E-state index in [9.17, 15) is 19.7 Å². The van der Waals surface area contributed by atoms with E-state index in [-0.39, 0.29) is 35.2 Å². The predicted molar refractivity (Wildman–Crippen MR) is 198 cm³/mol. The lowest BCUT2D eigenvalue weighted by Crippen LogP contribution is -2.27. The molecule has 0 bridgehead atoms. The van der Waals surface area contributed by atoms with E-state index in [1.807, 2.05) is 13.8 Å². The summed E-state index contributed by atoms with van der Waals surface area (Å²) in [6.07, 6.45) is 0.749. The lowest BCUT2D eigenvalue weighted by molar-refractivity contribution is -0.385. The van der Waals surface area contributed by atoms with Crippen LogP contribution < -0.4 is 14.2 Å². The number of oxime groups is 1. The van der Waals surface area contributed by atoms with E-state index in [0.29, 0.717) is 44.2 Å². The molecule has 0 aliphatic rings. The van der Waals surface area contributed by atoms with Crippen LogP contribution in [-0.4, -0.2) is 59.0 Å². The summed E-state index contributed by atoms with van der Waals surface area (Å²) in [7, 11) is 1.13. The molecule has 4 aromatic carbocycles. The fourth-order valence-electron chi connectivity index (χ4n) is 4.14. The maximum absolute atomic E-state index is 12.0. The maximum Gasteiger partial charge on any atom is 0.347 e. The summed E-state index contributed by atoms with van der Waals surface area (Å²) in [5.74, 6) is 0.579. The van der Waals surface area contributed by atoms with Gasteiger partial charge in [-0.15, -0.1) is 0 Å². The first kappa shape index (κ1) is 40.1. The van der Waals surface area contributed by atoms with Crippen molar-refractivity contribution in [1.29, 1.82) is 0 Å². The van der Waals surface area contributed by atoms with Crippen molar-refractivity contribution in [3.8, 4) is 28.9 Å². The third kappa shape index (κ3) is 12.2. The molecule has 17 heteroatoms. The SMILES string of the molecule is CC(C)=NOCCOC(=O)[C@@H](C)Oc1ccc(Oc2cnc3cc(Cl)ccc3n2)cc1.COC(=O)c1cc(Oc2ccc(Cl)cc2Cl)ccc1[N+](=O)[O-]. The minimum absolute atomic E-state index is 0.0924. The number of esters is 2. The number of methoxy groups -OCH3 is 1. The summed E-state index contributed by atoms with van der Waals surface area (Å²) in [6.45, 7) is 5.50.